The summed E-state index contributed by atoms with van der Waals surface area (Å²) in [5.74, 6) is 1.02. The van der Waals surface area contributed by atoms with E-state index in [9.17, 15) is 13.2 Å². The van der Waals surface area contributed by atoms with Crippen LogP contribution in [0.2, 0.25) is 0 Å². The Morgan fingerprint density at radius 2 is 1.83 bits per heavy atom. The van der Waals surface area contributed by atoms with Crippen LogP contribution >= 0.6 is 0 Å². The molecule has 23 heavy (non-hydrogen) atoms. The van der Waals surface area contributed by atoms with Crippen molar-refractivity contribution in [2.75, 3.05) is 46.9 Å². The third kappa shape index (κ3) is 12.1. The van der Waals surface area contributed by atoms with Crippen molar-refractivity contribution < 1.29 is 17.9 Å². The van der Waals surface area contributed by atoms with Crippen LogP contribution in [-0.2, 0) is 4.74 Å². The molecule has 1 atom stereocenters. The number of halogens is 3. The van der Waals surface area contributed by atoms with Gasteiger partial charge in [-0.05, 0) is 26.3 Å². The van der Waals surface area contributed by atoms with Crippen LogP contribution in [0, 0.1) is 5.92 Å². The van der Waals surface area contributed by atoms with E-state index in [1.165, 1.54) is 11.9 Å². The Morgan fingerprint density at radius 3 is 2.30 bits per heavy atom. The molecule has 0 bridgehead atoms. The predicted molar refractivity (Wildman–Crippen MR) is 87.8 cm³/mol. The van der Waals surface area contributed by atoms with E-state index in [0.717, 1.165) is 6.42 Å². The first-order valence-electron chi connectivity index (χ1n) is 8.01. The highest BCUT2D eigenvalue weighted by Gasteiger charge is 2.28. The molecule has 2 N–H and O–H groups in total. The molecule has 0 saturated carbocycles. The Morgan fingerprint density at radius 1 is 1.22 bits per heavy atom. The van der Waals surface area contributed by atoms with Crippen LogP contribution in [0.3, 0.4) is 0 Å². The lowest BCUT2D eigenvalue weighted by Gasteiger charge is -2.22. The van der Waals surface area contributed by atoms with Gasteiger partial charge in [0.2, 0.25) is 0 Å². The fraction of sp³-hybridized carbons (Fsp3) is 0.933. The number of hydrogen-bond acceptors (Lipinski definition) is 3. The molecule has 0 spiro atoms. The van der Waals surface area contributed by atoms with E-state index in [-0.39, 0.29) is 12.6 Å². The molecule has 0 fully saturated rings. The zero-order valence-corrected chi connectivity index (χ0v) is 14.8. The topological polar surface area (TPSA) is 48.9 Å². The maximum atomic E-state index is 12.2. The fourth-order valence-corrected chi connectivity index (χ4v) is 2.13. The number of guanidine groups is 1. The predicted octanol–water partition coefficient (Wildman–Crippen LogP) is 2.10. The molecule has 0 amide bonds. The monoisotopic (exact) mass is 340 g/mol. The molecule has 0 heterocycles. The maximum absolute atomic E-state index is 12.2. The summed E-state index contributed by atoms with van der Waals surface area (Å²) >= 11 is 0. The minimum Gasteiger partial charge on any atom is -0.378 e. The van der Waals surface area contributed by atoms with Gasteiger partial charge in [0, 0.05) is 33.3 Å². The van der Waals surface area contributed by atoms with Crippen molar-refractivity contribution >= 4 is 5.96 Å². The van der Waals surface area contributed by atoms with Gasteiger partial charge in [-0.2, -0.15) is 13.2 Å². The number of hydrogen-bond donors (Lipinski definition) is 2. The summed E-state index contributed by atoms with van der Waals surface area (Å²) in [6, 6.07) is 0. The first-order valence-corrected chi connectivity index (χ1v) is 8.01. The molecule has 0 aliphatic carbocycles. The van der Waals surface area contributed by atoms with Crippen LogP contribution in [0.1, 0.15) is 27.2 Å². The molecule has 0 aliphatic heterocycles. The molecule has 8 heteroatoms. The van der Waals surface area contributed by atoms with Crippen molar-refractivity contribution in [1.82, 2.24) is 15.5 Å². The van der Waals surface area contributed by atoms with Gasteiger partial charge in [0.1, 0.15) is 0 Å². The third-order valence-corrected chi connectivity index (χ3v) is 3.30. The van der Waals surface area contributed by atoms with Crippen molar-refractivity contribution in [3.8, 4) is 0 Å². The maximum Gasteiger partial charge on any atom is 0.401 e. The second-order valence-electron chi connectivity index (χ2n) is 5.81. The zero-order chi connectivity index (χ0) is 17.9. The first kappa shape index (κ1) is 22.0. The molecule has 1 unspecified atom stereocenters. The van der Waals surface area contributed by atoms with Crippen LogP contribution < -0.4 is 10.6 Å². The molecule has 5 nitrogen and oxygen atoms in total. The zero-order valence-electron chi connectivity index (χ0n) is 14.8. The van der Waals surface area contributed by atoms with Crippen LogP contribution in [0.15, 0.2) is 4.99 Å². The molecule has 0 aromatic heterocycles. The van der Waals surface area contributed by atoms with E-state index in [0.29, 0.717) is 31.6 Å². The molecule has 0 aromatic rings. The number of alkyl halides is 3. The van der Waals surface area contributed by atoms with Crippen LogP contribution in [0.25, 0.3) is 0 Å². The molecule has 0 rings (SSSR count). The summed E-state index contributed by atoms with van der Waals surface area (Å²) < 4.78 is 42.3. The highest BCUT2D eigenvalue weighted by molar-refractivity contribution is 5.79. The van der Waals surface area contributed by atoms with Crippen LogP contribution in [0.4, 0.5) is 13.2 Å². The minimum absolute atomic E-state index is 0.184. The Labute approximate surface area is 137 Å². The lowest BCUT2D eigenvalue weighted by atomic mass is 10.0. The average molecular weight is 340 g/mol. The minimum atomic E-state index is -4.17. The molecule has 0 aliphatic rings. The number of ether oxygens (including phenoxy) is 1. The van der Waals surface area contributed by atoms with Crippen molar-refractivity contribution in [2.24, 2.45) is 10.9 Å². The van der Waals surface area contributed by atoms with Gasteiger partial charge in [-0.3, -0.25) is 9.89 Å². The number of nitrogens with zero attached hydrogens (tertiary/aromatic N) is 2. The Kier molecular flexibility index (Phi) is 11.0. The smallest absolute Gasteiger partial charge is 0.378 e. The van der Waals surface area contributed by atoms with E-state index < -0.39 is 12.7 Å². The number of rotatable bonds is 10. The summed E-state index contributed by atoms with van der Waals surface area (Å²) in [4.78, 5) is 5.29. The highest BCUT2D eigenvalue weighted by Crippen LogP contribution is 2.15. The van der Waals surface area contributed by atoms with Gasteiger partial charge in [-0.1, -0.05) is 13.8 Å². The van der Waals surface area contributed by atoms with E-state index in [1.54, 1.807) is 7.05 Å². The SMILES string of the molecule is CCOC(CCNC(=NC)NCCN(C)CC(F)(F)F)C(C)C. The quantitative estimate of drug-likeness (QED) is 0.472. The largest absolute Gasteiger partial charge is 0.401 e. The summed E-state index contributed by atoms with van der Waals surface area (Å²) in [6.07, 6.45) is -3.14. The van der Waals surface area contributed by atoms with Crippen molar-refractivity contribution in [3.63, 3.8) is 0 Å². The molecule has 0 radical (unpaired) electrons. The molecular formula is C15H31F3N4O. The van der Waals surface area contributed by atoms with Gasteiger partial charge in [0.15, 0.2) is 5.96 Å². The van der Waals surface area contributed by atoms with Crippen LogP contribution in [-0.4, -0.2) is 70.0 Å². The van der Waals surface area contributed by atoms with E-state index in [2.05, 4.69) is 29.5 Å². The first-order chi connectivity index (χ1) is 10.7. The average Bonchev–Trinajstić information content (AvgIpc) is 2.42. The van der Waals surface area contributed by atoms with Gasteiger partial charge in [-0.25, -0.2) is 0 Å². The standard InChI is InChI=1S/C15H31F3N4O/c1-6-23-13(12(2)3)7-8-20-14(19-4)21-9-10-22(5)11-15(16,17)18/h12-13H,6-11H2,1-5H3,(H2,19,20,21). The van der Waals surface area contributed by atoms with Gasteiger partial charge in [-0.15, -0.1) is 0 Å². The molecule has 0 saturated heterocycles. The van der Waals surface area contributed by atoms with Crippen molar-refractivity contribution in [1.29, 1.82) is 0 Å². The Balaban J connectivity index is 3.99. The number of nitrogens with one attached hydrogen (secondary N) is 2. The molecule has 138 valence electrons. The number of likely N-dealkylation sites (N-methyl/N-ethyl adjacent to an activating group) is 1. The second-order valence-corrected chi connectivity index (χ2v) is 5.81. The molecule has 0 aromatic carbocycles. The fourth-order valence-electron chi connectivity index (χ4n) is 2.13. The summed E-state index contributed by atoms with van der Waals surface area (Å²) in [5.41, 5.74) is 0. The summed E-state index contributed by atoms with van der Waals surface area (Å²) in [5, 5.41) is 6.16. The Bertz CT molecular complexity index is 335. The van der Waals surface area contributed by atoms with Gasteiger partial charge in [0.25, 0.3) is 0 Å². The van der Waals surface area contributed by atoms with Crippen molar-refractivity contribution in [3.05, 3.63) is 0 Å². The highest BCUT2D eigenvalue weighted by atomic mass is 19.4. The lowest BCUT2D eigenvalue weighted by Crippen LogP contribution is -2.43. The van der Waals surface area contributed by atoms with Gasteiger partial charge in [0.05, 0.1) is 12.6 Å². The summed E-state index contributed by atoms with van der Waals surface area (Å²) in [6.45, 7) is 7.35. The Hall–Kier alpha value is -1.02. The number of aliphatic imine (C=N–C) groups is 1. The van der Waals surface area contributed by atoms with E-state index in [4.69, 9.17) is 4.74 Å². The normalized spacial score (nSPS) is 14.4. The van der Waals surface area contributed by atoms with Crippen molar-refractivity contribution in [2.45, 2.75) is 39.5 Å². The van der Waals surface area contributed by atoms with Gasteiger partial charge >= 0.3 is 6.18 Å². The summed E-state index contributed by atoms with van der Waals surface area (Å²) in [7, 11) is 3.08. The van der Waals surface area contributed by atoms with E-state index in [1.807, 2.05) is 6.92 Å². The lowest BCUT2D eigenvalue weighted by molar-refractivity contribution is -0.142. The third-order valence-electron chi connectivity index (χ3n) is 3.30. The second kappa shape index (κ2) is 11.5. The molecular weight excluding hydrogens is 309 g/mol. The van der Waals surface area contributed by atoms with Crippen LogP contribution in [0.5, 0.6) is 0 Å². The van der Waals surface area contributed by atoms with Gasteiger partial charge < -0.3 is 15.4 Å². The van der Waals surface area contributed by atoms with E-state index >= 15 is 0 Å².